The van der Waals surface area contributed by atoms with Gasteiger partial charge in [-0.3, -0.25) is 4.79 Å². The van der Waals surface area contributed by atoms with E-state index in [1.807, 2.05) is 36.4 Å². The van der Waals surface area contributed by atoms with Crippen LogP contribution in [0.2, 0.25) is 5.02 Å². The van der Waals surface area contributed by atoms with Crippen LogP contribution in [0, 0.1) is 0 Å². The van der Waals surface area contributed by atoms with Gasteiger partial charge in [-0.25, -0.2) is 0 Å². The van der Waals surface area contributed by atoms with E-state index in [0.717, 1.165) is 22.7 Å². The van der Waals surface area contributed by atoms with Crippen molar-refractivity contribution in [2.45, 2.75) is 24.5 Å². The molecule has 5 heteroatoms. The lowest BCUT2D eigenvalue weighted by Gasteiger charge is -2.33. The largest absolute Gasteiger partial charge is 0.497 e. The topological polar surface area (TPSA) is 47.6 Å². The lowest BCUT2D eigenvalue weighted by molar-refractivity contribution is -0.119. The Morgan fingerprint density at radius 1 is 1.22 bits per heavy atom. The molecule has 1 aliphatic heterocycles. The van der Waals surface area contributed by atoms with E-state index >= 15 is 0 Å². The van der Waals surface area contributed by atoms with Crippen molar-refractivity contribution < 1.29 is 14.3 Å². The summed E-state index contributed by atoms with van der Waals surface area (Å²) in [5, 5.41) is 4.09. The molecule has 1 N–H and O–H groups in total. The molecule has 1 fully saturated rings. The van der Waals surface area contributed by atoms with Gasteiger partial charge >= 0.3 is 0 Å². The Hall–Kier alpha value is -2.20. The summed E-state index contributed by atoms with van der Waals surface area (Å²) in [4.78, 5) is 12.5. The van der Waals surface area contributed by atoms with Crippen LogP contribution < -0.4 is 14.8 Å². The highest BCUT2D eigenvalue weighted by molar-refractivity contribution is 6.31. The van der Waals surface area contributed by atoms with Gasteiger partial charge in [0.2, 0.25) is 0 Å². The van der Waals surface area contributed by atoms with E-state index in [1.165, 1.54) is 0 Å². The molecule has 0 bridgehead atoms. The second kappa shape index (κ2) is 5.46. The zero-order valence-corrected chi connectivity index (χ0v) is 13.3. The number of methoxy groups -OCH3 is 1. The molecule has 4 rings (SSSR count). The third kappa shape index (κ3) is 2.43. The van der Waals surface area contributed by atoms with E-state index in [1.54, 1.807) is 13.2 Å². The number of carbonyl (C=O) groups excluding carboxylic acids is 1. The molecule has 23 heavy (non-hydrogen) atoms. The molecule has 2 aromatic carbocycles. The van der Waals surface area contributed by atoms with Crippen molar-refractivity contribution >= 4 is 23.1 Å². The molecular formula is C18H16ClNO3. The first-order chi connectivity index (χ1) is 11.2. The number of ketones is 1. The molecule has 118 valence electrons. The van der Waals surface area contributed by atoms with Crippen LogP contribution in [-0.4, -0.2) is 25.0 Å². The average molecular weight is 330 g/mol. The Morgan fingerprint density at radius 2 is 2.00 bits per heavy atom. The first-order valence-electron chi connectivity index (χ1n) is 7.55. The number of Topliss-reactive ketones (excluding diaryl/α,β-unsaturated/α-hetero) is 1. The van der Waals surface area contributed by atoms with Gasteiger partial charge in [0.25, 0.3) is 0 Å². The molecule has 4 nitrogen and oxygen atoms in total. The summed E-state index contributed by atoms with van der Waals surface area (Å²) in [7, 11) is 1.63. The highest BCUT2D eigenvalue weighted by atomic mass is 35.5. The first kappa shape index (κ1) is 14.4. The molecular weight excluding hydrogens is 314 g/mol. The second-order valence-corrected chi connectivity index (χ2v) is 6.32. The lowest BCUT2D eigenvalue weighted by atomic mass is 9.92. The van der Waals surface area contributed by atoms with Crippen molar-refractivity contribution in [3.8, 4) is 11.5 Å². The number of ether oxygens (including phenoxy) is 2. The van der Waals surface area contributed by atoms with E-state index in [0.29, 0.717) is 11.4 Å². The molecule has 0 amide bonds. The molecule has 1 aliphatic carbocycles. The van der Waals surface area contributed by atoms with Crippen LogP contribution in [0.3, 0.4) is 0 Å². The maximum Gasteiger partial charge on any atom is 0.146 e. The van der Waals surface area contributed by atoms with Crippen LogP contribution >= 0.6 is 11.6 Å². The van der Waals surface area contributed by atoms with Gasteiger partial charge < -0.3 is 14.8 Å². The number of fused-ring (bicyclic) bond motifs is 2. The molecule has 0 aromatic heterocycles. The average Bonchev–Trinajstić information content (AvgIpc) is 2.87. The van der Waals surface area contributed by atoms with E-state index < -0.39 is 0 Å². The Bertz CT molecular complexity index is 759. The van der Waals surface area contributed by atoms with Crippen molar-refractivity contribution in [2.75, 3.05) is 12.4 Å². The third-order valence-corrected chi connectivity index (χ3v) is 4.76. The minimum atomic E-state index is -0.224. The lowest BCUT2D eigenvalue weighted by Crippen LogP contribution is -2.40. The predicted molar refractivity (Wildman–Crippen MR) is 88.6 cm³/mol. The van der Waals surface area contributed by atoms with Gasteiger partial charge in [0.05, 0.1) is 24.8 Å². The third-order valence-electron chi connectivity index (χ3n) is 4.53. The number of hydrogen-bond acceptors (Lipinski definition) is 4. The standard InChI is InChI=1S/C18H16ClNO3/c1-22-12-5-2-10(3-6-12)17-14(21)9-16-18(17)20-13-8-11(19)4-7-15(13)23-16/h2-8,16-18,20H,9H2,1H3/t16-,17-,18-/m1/s1. The first-order valence-corrected chi connectivity index (χ1v) is 7.93. The number of nitrogens with one attached hydrogen (secondary N) is 1. The fraction of sp³-hybridized carbons (Fsp3) is 0.278. The van der Waals surface area contributed by atoms with Gasteiger partial charge in [0.1, 0.15) is 23.4 Å². The zero-order chi connectivity index (χ0) is 16.0. The van der Waals surface area contributed by atoms with Crippen LogP contribution in [0.25, 0.3) is 0 Å². The van der Waals surface area contributed by atoms with Gasteiger partial charge in [-0.1, -0.05) is 23.7 Å². The van der Waals surface area contributed by atoms with Gasteiger partial charge in [0.15, 0.2) is 0 Å². The molecule has 1 heterocycles. The second-order valence-electron chi connectivity index (χ2n) is 5.89. The number of carbonyl (C=O) groups is 1. The van der Waals surface area contributed by atoms with E-state index in [4.69, 9.17) is 21.1 Å². The fourth-order valence-electron chi connectivity index (χ4n) is 3.42. The van der Waals surface area contributed by atoms with Gasteiger partial charge in [-0.2, -0.15) is 0 Å². The Morgan fingerprint density at radius 3 is 2.74 bits per heavy atom. The highest BCUT2D eigenvalue weighted by Gasteiger charge is 2.47. The Kier molecular flexibility index (Phi) is 3.42. The predicted octanol–water partition coefficient (Wildman–Crippen LogP) is 3.65. The van der Waals surface area contributed by atoms with E-state index in [9.17, 15) is 4.79 Å². The van der Waals surface area contributed by atoms with Gasteiger partial charge in [0, 0.05) is 11.4 Å². The minimum Gasteiger partial charge on any atom is -0.497 e. The molecule has 2 aliphatic rings. The van der Waals surface area contributed by atoms with Crippen molar-refractivity contribution in [1.29, 1.82) is 0 Å². The van der Waals surface area contributed by atoms with E-state index in [2.05, 4.69) is 5.32 Å². The molecule has 0 saturated heterocycles. The monoisotopic (exact) mass is 329 g/mol. The summed E-state index contributed by atoms with van der Waals surface area (Å²) in [5.41, 5.74) is 1.82. The SMILES string of the molecule is COc1ccc([C@@H]2C(=O)C[C@H]3Oc4ccc(Cl)cc4N[C@H]32)cc1. The maximum atomic E-state index is 12.5. The number of halogens is 1. The summed E-state index contributed by atoms with van der Waals surface area (Å²) >= 11 is 6.06. The highest BCUT2D eigenvalue weighted by Crippen LogP contribution is 2.43. The van der Waals surface area contributed by atoms with Gasteiger partial charge in [-0.15, -0.1) is 0 Å². The van der Waals surface area contributed by atoms with Crippen LogP contribution in [0.15, 0.2) is 42.5 Å². The number of anilines is 1. The molecule has 0 spiro atoms. The van der Waals surface area contributed by atoms with Crippen molar-refractivity contribution in [1.82, 2.24) is 0 Å². The maximum absolute atomic E-state index is 12.5. The Balaban J connectivity index is 1.67. The number of rotatable bonds is 2. The number of hydrogen-bond donors (Lipinski definition) is 1. The molecule has 0 unspecified atom stereocenters. The smallest absolute Gasteiger partial charge is 0.146 e. The quantitative estimate of drug-likeness (QED) is 0.913. The summed E-state index contributed by atoms with van der Waals surface area (Å²) in [5.74, 6) is 1.49. The van der Waals surface area contributed by atoms with Crippen LogP contribution in [-0.2, 0) is 4.79 Å². The van der Waals surface area contributed by atoms with Crippen LogP contribution in [0.5, 0.6) is 11.5 Å². The zero-order valence-electron chi connectivity index (χ0n) is 12.6. The van der Waals surface area contributed by atoms with E-state index in [-0.39, 0.29) is 23.8 Å². The van der Waals surface area contributed by atoms with Gasteiger partial charge in [-0.05, 0) is 35.9 Å². The Labute approximate surface area is 139 Å². The molecule has 2 aromatic rings. The summed E-state index contributed by atoms with van der Waals surface area (Å²) in [6.45, 7) is 0. The summed E-state index contributed by atoms with van der Waals surface area (Å²) < 4.78 is 11.2. The summed E-state index contributed by atoms with van der Waals surface area (Å²) in [6, 6.07) is 13.0. The molecule has 1 saturated carbocycles. The molecule has 0 radical (unpaired) electrons. The van der Waals surface area contributed by atoms with Crippen LogP contribution in [0.4, 0.5) is 5.69 Å². The van der Waals surface area contributed by atoms with Crippen molar-refractivity contribution in [3.63, 3.8) is 0 Å². The fourth-order valence-corrected chi connectivity index (χ4v) is 3.60. The van der Waals surface area contributed by atoms with Crippen LogP contribution in [0.1, 0.15) is 17.9 Å². The van der Waals surface area contributed by atoms with Crippen molar-refractivity contribution in [3.05, 3.63) is 53.1 Å². The number of benzene rings is 2. The van der Waals surface area contributed by atoms with Crippen molar-refractivity contribution in [2.24, 2.45) is 0 Å². The molecule has 3 atom stereocenters. The summed E-state index contributed by atoms with van der Waals surface area (Å²) in [6.07, 6.45) is 0.263. The normalized spacial score (nSPS) is 25.1. The minimum absolute atomic E-state index is 0.0816.